The van der Waals surface area contributed by atoms with Crippen molar-refractivity contribution in [1.29, 1.82) is 0 Å². The van der Waals surface area contributed by atoms with Gasteiger partial charge in [-0.2, -0.15) is 0 Å². The van der Waals surface area contributed by atoms with Crippen molar-refractivity contribution in [2.75, 3.05) is 12.4 Å². The van der Waals surface area contributed by atoms with Crippen LogP contribution in [0.5, 0.6) is 5.75 Å². The van der Waals surface area contributed by atoms with E-state index in [0.717, 1.165) is 17.1 Å². The Labute approximate surface area is 104 Å². The summed E-state index contributed by atoms with van der Waals surface area (Å²) in [5.41, 5.74) is 7.32. The van der Waals surface area contributed by atoms with Gasteiger partial charge in [-0.25, -0.2) is 4.99 Å². The maximum absolute atomic E-state index is 5.74. The molecule has 0 amide bonds. The zero-order valence-electron chi connectivity index (χ0n) is 9.96. The van der Waals surface area contributed by atoms with Gasteiger partial charge in [0.2, 0.25) is 0 Å². The molecule has 18 heavy (non-hydrogen) atoms. The Morgan fingerprint density at radius 2 is 2.17 bits per heavy atom. The normalized spacial score (nSPS) is 11.3. The molecule has 0 radical (unpaired) electrons. The minimum Gasteiger partial charge on any atom is -0.497 e. The predicted octanol–water partition coefficient (Wildman–Crippen LogP) is 1.61. The highest BCUT2D eigenvalue weighted by atomic mass is 16.5. The van der Waals surface area contributed by atoms with Crippen LogP contribution < -0.4 is 15.8 Å². The second kappa shape index (κ2) is 5.72. The summed E-state index contributed by atoms with van der Waals surface area (Å²) >= 11 is 0. The number of aliphatic imine (C=N–C) groups is 1. The fraction of sp³-hybridized carbons (Fsp3) is 0.167. The van der Waals surface area contributed by atoms with E-state index in [1.807, 2.05) is 24.3 Å². The Kier molecular flexibility index (Phi) is 3.80. The fourth-order valence-electron chi connectivity index (χ4n) is 1.35. The standard InChI is InChI=1S/C12H14N4O2/c1-17-11-4-2-9(3-5-11)15-12(13)14-8-10-6-7-18-16-10/h2-7H,8H2,1H3,(H3,13,14,15). The molecule has 0 aliphatic rings. The summed E-state index contributed by atoms with van der Waals surface area (Å²) in [4.78, 5) is 4.13. The van der Waals surface area contributed by atoms with Gasteiger partial charge in [0.25, 0.3) is 0 Å². The molecule has 3 N–H and O–H groups in total. The molecule has 2 rings (SSSR count). The van der Waals surface area contributed by atoms with Crippen LogP contribution in [-0.4, -0.2) is 18.2 Å². The minimum absolute atomic E-state index is 0.322. The molecule has 0 saturated carbocycles. The minimum atomic E-state index is 0.322. The van der Waals surface area contributed by atoms with E-state index in [4.69, 9.17) is 15.0 Å². The number of nitrogens with one attached hydrogen (secondary N) is 1. The lowest BCUT2D eigenvalue weighted by molar-refractivity contribution is 0.412. The Bertz CT molecular complexity index is 505. The highest BCUT2D eigenvalue weighted by Crippen LogP contribution is 2.14. The van der Waals surface area contributed by atoms with E-state index < -0.39 is 0 Å². The van der Waals surface area contributed by atoms with E-state index >= 15 is 0 Å². The summed E-state index contributed by atoms with van der Waals surface area (Å²) in [7, 11) is 1.62. The third-order valence-electron chi connectivity index (χ3n) is 2.27. The molecule has 0 fully saturated rings. The molecule has 0 spiro atoms. The Morgan fingerprint density at radius 1 is 1.39 bits per heavy atom. The smallest absolute Gasteiger partial charge is 0.193 e. The molecule has 1 heterocycles. The van der Waals surface area contributed by atoms with Gasteiger partial charge in [0.15, 0.2) is 5.96 Å². The number of hydrogen-bond acceptors (Lipinski definition) is 4. The van der Waals surface area contributed by atoms with E-state index in [9.17, 15) is 0 Å². The molecule has 1 aromatic carbocycles. The highest BCUT2D eigenvalue weighted by Gasteiger charge is 1.98. The summed E-state index contributed by atoms with van der Waals surface area (Å²) in [5, 5.41) is 6.71. The largest absolute Gasteiger partial charge is 0.497 e. The Balaban J connectivity index is 1.93. The van der Waals surface area contributed by atoms with Gasteiger partial charge in [0.1, 0.15) is 17.7 Å². The molecule has 0 unspecified atom stereocenters. The molecule has 0 aliphatic heterocycles. The molecule has 0 bridgehead atoms. The van der Waals surface area contributed by atoms with E-state index in [2.05, 4.69) is 15.5 Å². The van der Waals surface area contributed by atoms with Gasteiger partial charge in [-0.1, -0.05) is 5.16 Å². The van der Waals surface area contributed by atoms with Crippen LogP contribution >= 0.6 is 0 Å². The molecule has 94 valence electrons. The van der Waals surface area contributed by atoms with Gasteiger partial charge in [0.05, 0.1) is 13.7 Å². The van der Waals surface area contributed by atoms with Gasteiger partial charge in [-0.3, -0.25) is 0 Å². The number of guanidine groups is 1. The highest BCUT2D eigenvalue weighted by molar-refractivity contribution is 5.92. The summed E-state index contributed by atoms with van der Waals surface area (Å²) in [5.74, 6) is 1.11. The summed E-state index contributed by atoms with van der Waals surface area (Å²) in [6.07, 6.45) is 1.50. The van der Waals surface area contributed by atoms with Crippen molar-refractivity contribution in [2.24, 2.45) is 10.7 Å². The van der Waals surface area contributed by atoms with Crippen LogP contribution in [0.3, 0.4) is 0 Å². The lowest BCUT2D eigenvalue weighted by atomic mass is 10.3. The maximum atomic E-state index is 5.74. The second-order valence-electron chi connectivity index (χ2n) is 3.55. The molecule has 0 aliphatic carbocycles. The van der Waals surface area contributed by atoms with Crippen LogP contribution in [0, 0.1) is 0 Å². The van der Waals surface area contributed by atoms with Crippen LogP contribution in [0.15, 0.2) is 46.1 Å². The average molecular weight is 246 g/mol. The molecule has 2 aromatic rings. The number of nitrogens with two attached hydrogens (primary N) is 1. The predicted molar refractivity (Wildman–Crippen MR) is 68.4 cm³/mol. The molecule has 0 atom stereocenters. The first-order chi connectivity index (χ1) is 8.78. The van der Waals surface area contributed by atoms with Crippen molar-refractivity contribution in [3.8, 4) is 5.75 Å². The molecule has 6 nitrogen and oxygen atoms in total. The maximum Gasteiger partial charge on any atom is 0.193 e. The van der Waals surface area contributed by atoms with Crippen molar-refractivity contribution in [1.82, 2.24) is 5.16 Å². The van der Waals surface area contributed by atoms with Gasteiger partial charge < -0.3 is 20.3 Å². The molecular formula is C12H14N4O2. The van der Waals surface area contributed by atoms with E-state index in [0.29, 0.717) is 12.5 Å². The van der Waals surface area contributed by atoms with Crippen LogP contribution in [0.1, 0.15) is 5.69 Å². The van der Waals surface area contributed by atoms with Gasteiger partial charge in [-0.15, -0.1) is 0 Å². The van der Waals surface area contributed by atoms with Crippen molar-refractivity contribution >= 4 is 11.6 Å². The lowest BCUT2D eigenvalue weighted by Crippen LogP contribution is -2.22. The number of methoxy groups -OCH3 is 1. The number of rotatable bonds is 4. The van der Waals surface area contributed by atoms with Crippen LogP contribution in [0.25, 0.3) is 0 Å². The summed E-state index contributed by atoms with van der Waals surface area (Å²) < 4.78 is 9.76. The van der Waals surface area contributed by atoms with Crippen LogP contribution in [0.2, 0.25) is 0 Å². The van der Waals surface area contributed by atoms with Gasteiger partial charge >= 0.3 is 0 Å². The van der Waals surface area contributed by atoms with E-state index in [-0.39, 0.29) is 0 Å². The summed E-state index contributed by atoms with van der Waals surface area (Å²) in [6, 6.07) is 9.14. The average Bonchev–Trinajstić information content (AvgIpc) is 2.90. The van der Waals surface area contributed by atoms with E-state index in [1.165, 1.54) is 6.26 Å². The first-order valence-corrected chi connectivity index (χ1v) is 5.38. The van der Waals surface area contributed by atoms with Crippen LogP contribution in [0.4, 0.5) is 5.69 Å². The first kappa shape index (κ1) is 12.0. The van der Waals surface area contributed by atoms with Crippen molar-refractivity contribution < 1.29 is 9.26 Å². The van der Waals surface area contributed by atoms with Crippen molar-refractivity contribution in [3.63, 3.8) is 0 Å². The molecule has 6 heteroatoms. The third kappa shape index (κ3) is 3.24. The van der Waals surface area contributed by atoms with Gasteiger partial charge in [-0.05, 0) is 24.3 Å². The topological polar surface area (TPSA) is 85.7 Å². The van der Waals surface area contributed by atoms with Crippen LogP contribution in [-0.2, 0) is 6.54 Å². The molecular weight excluding hydrogens is 232 g/mol. The monoisotopic (exact) mass is 246 g/mol. The fourth-order valence-corrected chi connectivity index (χ4v) is 1.35. The Morgan fingerprint density at radius 3 is 2.78 bits per heavy atom. The zero-order chi connectivity index (χ0) is 12.8. The number of benzene rings is 1. The third-order valence-corrected chi connectivity index (χ3v) is 2.27. The second-order valence-corrected chi connectivity index (χ2v) is 3.55. The number of anilines is 1. The van der Waals surface area contributed by atoms with Gasteiger partial charge in [0, 0.05) is 11.8 Å². The zero-order valence-corrected chi connectivity index (χ0v) is 9.96. The van der Waals surface area contributed by atoms with Crippen molar-refractivity contribution in [3.05, 3.63) is 42.3 Å². The number of aromatic nitrogens is 1. The molecule has 1 aromatic heterocycles. The lowest BCUT2D eigenvalue weighted by Gasteiger charge is -2.06. The molecule has 0 saturated heterocycles. The summed E-state index contributed by atoms with van der Waals surface area (Å²) in [6.45, 7) is 0.380. The SMILES string of the molecule is COc1ccc(NC(N)=NCc2ccon2)cc1. The van der Waals surface area contributed by atoms with Crippen molar-refractivity contribution in [2.45, 2.75) is 6.54 Å². The first-order valence-electron chi connectivity index (χ1n) is 5.38. The number of hydrogen-bond donors (Lipinski definition) is 2. The quantitative estimate of drug-likeness (QED) is 0.632. The number of ether oxygens (including phenoxy) is 1. The number of nitrogens with zero attached hydrogens (tertiary/aromatic N) is 2. The van der Waals surface area contributed by atoms with E-state index in [1.54, 1.807) is 13.2 Å². The Hall–Kier alpha value is -2.50.